The Labute approximate surface area is 50.0 Å². The fraction of sp³-hybridized carbons (Fsp3) is 0.800. The molecule has 8 heavy (non-hydrogen) atoms. The highest BCUT2D eigenvalue weighted by Gasteiger charge is 1.95. The van der Waals surface area contributed by atoms with Crippen molar-refractivity contribution in [3.05, 3.63) is 0 Å². The van der Waals surface area contributed by atoms with E-state index in [0.29, 0.717) is 11.8 Å². The van der Waals surface area contributed by atoms with Crippen molar-refractivity contribution in [2.45, 2.75) is 13.8 Å². The summed E-state index contributed by atoms with van der Waals surface area (Å²) in [6, 6.07) is 0. The fourth-order valence-corrected chi connectivity index (χ4v) is 0.258. The molecule has 0 amide bonds. The minimum atomic E-state index is 0.336. The quantitative estimate of drug-likeness (QED) is 0.305. The Balaban J connectivity index is 3.61. The third kappa shape index (κ3) is 2.44. The normalized spacial score (nSPS) is 12.2. The Bertz CT molecular complexity index is 85.7. The molecule has 3 N–H and O–H groups in total. The lowest BCUT2D eigenvalue weighted by Crippen LogP contribution is -2.21. The SMILES string of the molecule is CN/N=C(\N)C(C)C. The average molecular weight is 115 g/mol. The third-order valence-corrected chi connectivity index (χ3v) is 0.832. The summed E-state index contributed by atoms with van der Waals surface area (Å²) in [6.45, 7) is 3.99. The molecule has 0 aliphatic rings. The van der Waals surface area contributed by atoms with Gasteiger partial charge in [0.1, 0.15) is 5.84 Å². The van der Waals surface area contributed by atoms with Gasteiger partial charge in [-0.15, -0.1) is 0 Å². The van der Waals surface area contributed by atoms with E-state index >= 15 is 0 Å². The number of hydrogen-bond donors (Lipinski definition) is 2. The van der Waals surface area contributed by atoms with Gasteiger partial charge in [0, 0.05) is 13.0 Å². The lowest BCUT2D eigenvalue weighted by atomic mass is 10.2. The maximum absolute atomic E-state index is 5.41. The highest BCUT2D eigenvalue weighted by atomic mass is 15.3. The van der Waals surface area contributed by atoms with E-state index in [1.54, 1.807) is 7.05 Å². The number of nitrogens with zero attached hydrogens (tertiary/aromatic N) is 1. The fourth-order valence-electron chi connectivity index (χ4n) is 0.258. The van der Waals surface area contributed by atoms with E-state index in [2.05, 4.69) is 10.5 Å². The van der Waals surface area contributed by atoms with E-state index in [1.807, 2.05) is 13.8 Å². The minimum Gasteiger partial charge on any atom is -0.386 e. The average Bonchev–Trinajstić information content (AvgIpc) is 1.67. The summed E-state index contributed by atoms with van der Waals surface area (Å²) in [5.41, 5.74) is 8.03. The lowest BCUT2D eigenvalue weighted by Gasteiger charge is -2.00. The molecule has 0 rings (SSSR count). The smallest absolute Gasteiger partial charge is 0.122 e. The summed E-state index contributed by atoms with van der Waals surface area (Å²) in [7, 11) is 1.73. The Morgan fingerprint density at radius 2 is 2.12 bits per heavy atom. The maximum Gasteiger partial charge on any atom is 0.122 e. The predicted octanol–water partition coefficient (Wildman–Crippen LogP) is 0.134. The number of rotatable bonds is 2. The molecule has 0 spiro atoms. The number of hydrazone groups is 1. The van der Waals surface area contributed by atoms with Crippen molar-refractivity contribution in [2.75, 3.05) is 7.05 Å². The van der Waals surface area contributed by atoms with Crippen LogP contribution in [-0.2, 0) is 0 Å². The van der Waals surface area contributed by atoms with E-state index in [0.717, 1.165) is 0 Å². The molecular weight excluding hydrogens is 102 g/mol. The van der Waals surface area contributed by atoms with Crippen LogP contribution in [0.3, 0.4) is 0 Å². The first-order valence-corrected chi connectivity index (χ1v) is 2.68. The summed E-state index contributed by atoms with van der Waals surface area (Å²) in [5, 5.41) is 3.77. The van der Waals surface area contributed by atoms with Gasteiger partial charge in [-0.25, -0.2) is 0 Å². The van der Waals surface area contributed by atoms with Crippen molar-refractivity contribution in [2.24, 2.45) is 16.8 Å². The van der Waals surface area contributed by atoms with Crippen molar-refractivity contribution in [1.29, 1.82) is 0 Å². The van der Waals surface area contributed by atoms with Gasteiger partial charge in [-0.2, -0.15) is 5.10 Å². The van der Waals surface area contributed by atoms with E-state index in [4.69, 9.17) is 5.73 Å². The second-order valence-electron chi connectivity index (χ2n) is 1.91. The molecule has 0 aromatic heterocycles. The monoisotopic (exact) mass is 115 g/mol. The van der Waals surface area contributed by atoms with Crippen LogP contribution in [0.2, 0.25) is 0 Å². The molecule has 3 nitrogen and oxygen atoms in total. The van der Waals surface area contributed by atoms with Crippen molar-refractivity contribution < 1.29 is 0 Å². The molecule has 0 bridgehead atoms. The zero-order chi connectivity index (χ0) is 6.57. The van der Waals surface area contributed by atoms with Crippen molar-refractivity contribution in [1.82, 2.24) is 5.43 Å². The van der Waals surface area contributed by atoms with E-state index in [-0.39, 0.29) is 0 Å². The molecule has 0 aromatic carbocycles. The van der Waals surface area contributed by atoms with Gasteiger partial charge in [0.15, 0.2) is 0 Å². The molecule has 0 saturated heterocycles. The first kappa shape index (κ1) is 7.27. The number of nitrogens with one attached hydrogen (secondary N) is 1. The van der Waals surface area contributed by atoms with E-state index < -0.39 is 0 Å². The second-order valence-corrected chi connectivity index (χ2v) is 1.91. The van der Waals surface area contributed by atoms with Gasteiger partial charge in [0.25, 0.3) is 0 Å². The summed E-state index contributed by atoms with van der Waals surface area (Å²) >= 11 is 0. The highest BCUT2D eigenvalue weighted by molar-refractivity contribution is 5.81. The van der Waals surface area contributed by atoms with Gasteiger partial charge in [0.05, 0.1) is 0 Å². The zero-order valence-electron chi connectivity index (χ0n) is 5.60. The Hall–Kier alpha value is -0.730. The highest BCUT2D eigenvalue weighted by Crippen LogP contribution is 1.88. The molecule has 0 aromatic rings. The van der Waals surface area contributed by atoms with Crippen LogP contribution in [0.5, 0.6) is 0 Å². The van der Waals surface area contributed by atoms with Crippen LogP contribution in [0.1, 0.15) is 13.8 Å². The molecule has 48 valence electrons. The van der Waals surface area contributed by atoms with Crippen molar-refractivity contribution in [3.8, 4) is 0 Å². The number of amidine groups is 1. The largest absolute Gasteiger partial charge is 0.386 e. The van der Waals surface area contributed by atoms with Gasteiger partial charge in [0.2, 0.25) is 0 Å². The standard InChI is InChI=1S/C5H13N3/c1-4(2)5(6)8-7-3/h4,7H,1-3H3,(H2,6,8). The van der Waals surface area contributed by atoms with Gasteiger partial charge in [-0.1, -0.05) is 13.8 Å². The maximum atomic E-state index is 5.41. The van der Waals surface area contributed by atoms with E-state index in [9.17, 15) is 0 Å². The third-order valence-electron chi connectivity index (χ3n) is 0.832. The molecule has 0 radical (unpaired) electrons. The van der Waals surface area contributed by atoms with Crippen LogP contribution in [0.15, 0.2) is 5.10 Å². The van der Waals surface area contributed by atoms with Gasteiger partial charge < -0.3 is 11.2 Å². The first-order chi connectivity index (χ1) is 3.68. The van der Waals surface area contributed by atoms with Crippen molar-refractivity contribution >= 4 is 5.84 Å². The molecular formula is C5H13N3. The molecule has 0 saturated carbocycles. The molecule has 0 unspecified atom stereocenters. The number of hydrogen-bond acceptors (Lipinski definition) is 2. The van der Waals surface area contributed by atoms with Crippen LogP contribution in [0, 0.1) is 5.92 Å². The minimum absolute atomic E-state index is 0.336. The van der Waals surface area contributed by atoms with Crippen LogP contribution >= 0.6 is 0 Å². The van der Waals surface area contributed by atoms with Crippen LogP contribution < -0.4 is 11.2 Å². The van der Waals surface area contributed by atoms with Gasteiger partial charge in [-0.3, -0.25) is 0 Å². The summed E-state index contributed by atoms with van der Waals surface area (Å²) in [4.78, 5) is 0. The number of nitrogens with two attached hydrogens (primary N) is 1. The predicted molar refractivity (Wildman–Crippen MR) is 35.5 cm³/mol. The van der Waals surface area contributed by atoms with Crippen LogP contribution in [-0.4, -0.2) is 12.9 Å². The first-order valence-electron chi connectivity index (χ1n) is 2.68. The molecule has 0 atom stereocenters. The summed E-state index contributed by atoms with van der Waals surface area (Å²) < 4.78 is 0. The van der Waals surface area contributed by atoms with E-state index in [1.165, 1.54) is 0 Å². The lowest BCUT2D eigenvalue weighted by molar-refractivity contribution is 0.817. The van der Waals surface area contributed by atoms with Crippen molar-refractivity contribution in [3.63, 3.8) is 0 Å². The molecule has 0 aliphatic heterocycles. The molecule has 0 heterocycles. The molecule has 0 fully saturated rings. The van der Waals surface area contributed by atoms with Crippen LogP contribution in [0.25, 0.3) is 0 Å². The van der Waals surface area contributed by atoms with Crippen LogP contribution in [0.4, 0.5) is 0 Å². The zero-order valence-corrected chi connectivity index (χ0v) is 5.60. The molecule has 0 aliphatic carbocycles. The summed E-state index contributed by atoms with van der Waals surface area (Å²) in [5.74, 6) is 0.981. The Kier molecular flexibility index (Phi) is 2.99. The van der Waals surface area contributed by atoms with Gasteiger partial charge in [-0.05, 0) is 0 Å². The summed E-state index contributed by atoms with van der Waals surface area (Å²) in [6.07, 6.45) is 0. The second kappa shape index (κ2) is 3.29. The Morgan fingerprint density at radius 3 is 2.25 bits per heavy atom. The topological polar surface area (TPSA) is 50.4 Å². The Morgan fingerprint density at radius 1 is 1.62 bits per heavy atom. The van der Waals surface area contributed by atoms with Gasteiger partial charge >= 0.3 is 0 Å². The molecule has 3 heteroatoms.